The normalized spacial score (nSPS) is 15.8. The molecule has 1 aliphatic rings. The molecule has 0 spiro atoms. The first-order valence-electron chi connectivity index (χ1n) is 12.4. The van der Waals surface area contributed by atoms with Gasteiger partial charge in [0.1, 0.15) is 5.58 Å². The SMILES string of the molecule is CC(=O)Nc1cccc(C2CCN(C(C)CNC(=O)c3cc4cc(Br)c5ccccc5c4o3)CC2)c1. The lowest BCUT2D eigenvalue weighted by Crippen LogP contribution is -2.45. The number of halogens is 1. The maximum atomic E-state index is 12.9. The number of nitrogens with one attached hydrogen (secondary N) is 2. The third-order valence-corrected chi connectivity index (χ3v) is 7.74. The van der Waals surface area contributed by atoms with Gasteiger partial charge in [0.2, 0.25) is 5.91 Å². The van der Waals surface area contributed by atoms with Crippen molar-refractivity contribution in [1.82, 2.24) is 10.2 Å². The fraction of sp³-hybridized carbons (Fsp3) is 0.310. The molecular weight excluding hydrogens is 518 g/mol. The smallest absolute Gasteiger partial charge is 0.287 e. The average Bonchev–Trinajstić information content (AvgIpc) is 3.31. The molecule has 36 heavy (non-hydrogen) atoms. The standard InChI is InChI=1S/C29H30BrN3O3/c1-18(33-12-10-20(11-13-33)21-6-5-7-23(14-21)32-19(2)34)17-31-29(35)27-16-22-15-26(30)24-8-3-4-9-25(24)28(22)36-27/h3-9,14-16,18,20H,10-13,17H2,1-2H3,(H,31,35)(H,32,34). The third-order valence-electron chi connectivity index (χ3n) is 7.09. The molecule has 2 N–H and O–H groups in total. The van der Waals surface area contributed by atoms with Gasteiger partial charge in [0, 0.05) is 40.4 Å². The van der Waals surface area contributed by atoms with E-state index in [4.69, 9.17) is 4.42 Å². The van der Waals surface area contributed by atoms with Gasteiger partial charge in [-0.05, 0) is 74.0 Å². The molecule has 0 saturated carbocycles. The van der Waals surface area contributed by atoms with Crippen LogP contribution in [0.25, 0.3) is 21.7 Å². The number of hydrogen-bond acceptors (Lipinski definition) is 4. The van der Waals surface area contributed by atoms with Crippen LogP contribution in [0.1, 0.15) is 48.7 Å². The molecule has 1 unspecified atom stereocenters. The summed E-state index contributed by atoms with van der Waals surface area (Å²) < 4.78 is 6.98. The largest absolute Gasteiger partial charge is 0.450 e. The highest BCUT2D eigenvalue weighted by Crippen LogP contribution is 2.34. The van der Waals surface area contributed by atoms with Crippen LogP contribution >= 0.6 is 15.9 Å². The number of anilines is 1. The van der Waals surface area contributed by atoms with E-state index in [1.807, 2.05) is 48.5 Å². The second kappa shape index (κ2) is 10.4. The molecule has 0 bridgehead atoms. The van der Waals surface area contributed by atoms with E-state index in [1.165, 1.54) is 12.5 Å². The number of nitrogens with zero attached hydrogens (tertiary/aromatic N) is 1. The van der Waals surface area contributed by atoms with Gasteiger partial charge in [-0.3, -0.25) is 14.5 Å². The summed E-state index contributed by atoms with van der Waals surface area (Å²) >= 11 is 3.63. The average molecular weight is 548 g/mol. The van der Waals surface area contributed by atoms with E-state index >= 15 is 0 Å². The van der Waals surface area contributed by atoms with E-state index in [9.17, 15) is 9.59 Å². The molecule has 6 nitrogen and oxygen atoms in total. The quantitative estimate of drug-likeness (QED) is 0.297. The number of fused-ring (bicyclic) bond motifs is 3. The fourth-order valence-corrected chi connectivity index (χ4v) is 5.73. The van der Waals surface area contributed by atoms with Crippen LogP contribution in [-0.4, -0.2) is 42.4 Å². The summed E-state index contributed by atoms with van der Waals surface area (Å²) in [6, 6.07) is 20.2. The predicted octanol–water partition coefficient (Wildman–Crippen LogP) is 6.30. The highest BCUT2D eigenvalue weighted by Gasteiger charge is 2.25. The van der Waals surface area contributed by atoms with Gasteiger partial charge in [-0.25, -0.2) is 0 Å². The zero-order chi connectivity index (χ0) is 25.2. The molecule has 0 aliphatic carbocycles. The zero-order valence-corrected chi connectivity index (χ0v) is 22.1. The molecule has 1 aliphatic heterocycles. The number of piperidine rings is 1. The van der Waals surface area contributed by atoms with Crippen molar-refractivity contribution < 1.29 is 14.0 Å². The Labute approximate surface area is 219 Å². The Kier molecular flexibility index (Phi) is 7.12. The number of amides is 2. The van der Waals surface area contributed by atoms with Crippen molar-refractivity contribution in [3.05, 3.63) is 76.5 Å². The first-order chi connectivity index (χ1) is 17.4. The second-order valence-corrected chi connectivity index (χ2v) is 10.5. The number of benzene rings is 3. The number of carbonyl (C=O) groups is 2. The van der Waals surface area contributed by atoms with Crippen LogP contribution in [0.15, 0.2) is 69.6 Å². The monoisotopic (exact) mass is 547 g/mol. The van der Waals surface area contributed by atoms with Crippen LogP contribution in [0.4, 0.5) is 5.69 Å². The van der Waals surface area contributed by atoms with Crippen LogP contribution in [0.5, 0.6) is 0 Å². The van der Waals surface area contributed by atoms with Crippen LogP contribution in [-0.2, 0) is 4.79 Å². The Morgan fingerprint density at radius 1 is 1.06 bits per heavy atom. The van der Waals surface area contributed by atoms with E-state index < -0.39 is 0 Å². The molecular formula is C29H30BrN3O3. The van der Waals surface area contributed by atoms with Gasteiger partial charge in [-0.2, -0.15) is 0 Å². The first kappa shape index (κ1) is 24.5. The van der Waals surface area contributed by atoms with Crippen molar-refractivity contribution >= 4 is 55.2 Å². The predicted molar refractivity (Wildman–Crippen MR) is 148 cm³/mol. The zero-order valence-electron chi connectivity index (χ0n) is 20.5. The first-order valence-corrected chi connectivity index (χ1v) is 13.2. The maximum Gasteiger partial charge on any atom is 0.287 e. The van der Waals surface area contributed by atoms with Crippen molar-refractivity contribution in [3.63, 3.8) is 0 Å². The molecule has 1 atom stereocenters. The summed E-state index contributed by atoms with van der Waals surface area (Å²) in [5.41, 5.74) is 2.85. The number of hydrogen-bond donors (Lipinski definition) is 2. The third kappa shape index (κ3) is 5.18. The molecule has 1 fully saturated rings. The van der Waals surface area contributed by atoms with E-state index in [0.29, 0.717) is 18.2 Å². The van der Waals surface area contributed by atoms with Crippen LogP contribution in [0.3, 0.4) is 0 Å². The van der Waals surface area contributed by atoms with E-state index in [-0.39, 0.29) is 17.9 Å². The van der Waals surface area contributed by atoms with Crippen molar-refractivity contribution in [2.45, 2.75) is 38.6 Å². The van der Waals surface area contributed by atoms with Gasteiger partial charge in [-0.15, -0.1) is 0 Å². The summed E-state index contributed by atoms with van der Waals surface area (Å²) in [6.07, 6.45) is 2.10. The molecule has 3 aromatic carbocycles. The number of furan rings is 1. The lowest BCUT2D eigenvalue weighted by Gasteiger charge is -2.36. The van der Waals surface area contributed by atoms with E-state index in [1.54, 1.807) is 0 Å². The number of rotatable bonds is 6. The molecule has 2 heterocycles. The van der Waals surface area contributed by atoms with Gasteiger partial charge in [0.05, 0.1) is 0 Å². The Hall–Kier alpha value is -3.16. The molecule has 2 amide bonds. The molecule has 186 valence electrons. The summed E-state index contributed by atoms with van der Waals surface area (Å²) in [7, 11) is 0. The minimum atomic E-state index is -0.192. The fourth-order valence-electron chi connectivity index (χ4n) is 5.14. The summed E-state index contributed by atoms with van der Waals surface area (Å²) in [6.45, 7) is 6.18. The van der Waals surface area contributed by atoms with Gasteiger partial charge in [-0.1, -0.05) is 52.3 Å². The van der Waals surface area contributed by atoms with E-state index in [0.717, 1.165) is 57.8 Å². The molecule has 5 rings (SSSR count). The lowest BCUT2D eigenvalue weighted by molar-refractivity contribution is -0.114. The Balaban J connectivity index is 1.18. The topological polar surface area (TPSA) is 74.6 Å². The van der Waals surface area contributed by atoms with Crippen LogP contribution in [0, 0.1) is 0 Å². The summed E-state index contributed by atoms with van der Waals surface area (Å²) in [5, 5.41) is 8.89. The number of likely N-dealkylation sites (tertiary alicyclic amines) is 1. The maximum absolute atomic E-state index is 12.9. The van der Waals surface area contributed by atoms with Crippen molar-refractivity contribution in [3.8, 4) is 0 Å². The Morgan fingerprint density at radius 2 is 1.81 bits per heavy atom. The van der Waals surface area contributed by atoms with Gasteiger partial charge in [0.15, 0.2) is 5.76 Å². The number of carbonyl (C=O) groups excluding carboxylic acids is 2. The minimum absolute atomic E-state index is 0.0540. The van der Waals surface area contributed by atoms with Crippen molar-refractivity contribution in [2.75, 3.05) is 25.0 Å². The second-order valence-electron chi connectivity index (χ2n) is 9.61. The van der Waals surface area contributed by atoms with Crippen molar-refractivity contribution in [1.29, 1.82) is 0 Å². The molecule has 7 heteroatoms. The van der Waals surface area contributed by atoms with E-state index in [2.05, 4.69) is 50.5 Å². The Bertz CT molecular complexity index is 1420. The Morgan fingerprint density at radius 3 is 2.56 bits per heavy atom. The van der Waals surface area contributed by atoms with Crippen molar-refractivity contribution in [2.24, 2.45) is 0 Å². The lowest BCUT2D eigenvalue weighted by atomic mass is 9.88. The molecule has 0 radical (unpaired) electrons. The minimum Gasteiger partial charge on any atom is -0.450 e. The molecule has 1 saturated heterocycles. The van der Waals surface area contributed by atoms with Gasteiger partial charge < -0.3 is 15.1 Å². The molecule has 1 aromatic heterocycles. The summed E-state index contributed by atoms with van der Waals surface area (Å²) in [4.78, 5) is 26.7. The van der Waals surface area contributed by atoms with Crippen LogP contribution < -0.4 is 10.6 Å². The molecule has 4 aromatic rings. The van der Waals surface area contributed by atoms with Gasteiger partial charge >= 0.3 is 0 Å². The van der Waals surface area contributed by atoms with Crippen LogP contribution in [0.2, 0.25) is 0 Å². The van der Waals surface area contributed by atoms with Gasteiger partial charge in [0.25, 0.3) is 5.91 Å². The highest BCUT2D eigenvalue weighted by molar-refractivity contribution is 9.10. The highest BCUT2D eigenvalue weighted by atomic mass is 79.9. The summed E-state index contributed by atoms with van der Waals surface area (Å²) in [5.74, 6) is 0.560.